The number of fused-ring (bicyclic) bond motifs is 3. The molecule has 3 aromatic heterocycles. The second kappa shape index (κ2) is 8.99. The third-order valence-corrected chi connectivity index (χ3v) is 7.32. The molecule has 0 aliphatic carbocycles. The van der Waals surface area contributed by atoms with Crippen molar-refractivity contribution < 1.29 is 18.6 Å². The minimum atomic E-state index is -0.555. The predicted octanol–water partition coefficient (Wildman–Crippen LogP) is 5.38. The molecule has 4 heterocycles. The Morgan fingerprint density at radius 3 is 2.77 bits per heavy atom. The van der Waals surface area contributed by atoms with E-state index in [1.807, 2.05) is 40.1 Å². The van der Waals surface area contributed by atoms with Gasteiger partial charge in [-0.15, -0.1) is 21.5 Å². The number of ether oxygens (including phenoxy) is 3. The molecule has 1 aliphatic heterocycles. The summed E-state index contributed by atoms with van der Waals surface area (Å²) in [6, 6.07) is 14.9. The summed E-state index contributed by atoms with van der Waals surface area (Å²) >= 11 is 1.53. The molecule has 1 saturated heterocycles. The first kappa shape index (κ1) is 22.1. The lowest BCUT2D eigenvalue weighted by Crippen LogP contribution is -2.35. The molecule has 0 amide bonds. The fourth-order valence-corrected chi connectivity index (χ4v) is 5.31. The van der Waals surface area contributed by atoms with Gasteiger partial charge in [0.25, 0.3) is 0 Å². The molecular formula is C26H23FN4O3S. The van der Waals surface area contributed by atoms with Crippen molar-refractivity contribution in [1.82, 2.24) is 19.6 Å². The van der Waals surface area contributed by atoms with Gasteiger partial charge >= 0.3 is 0 Å². The predicted molar refractivity (Wildman–Crippen MR) is 131 cm³/mol. The van der Waals surface area contributed by atoms with Gasteiger partial charge in [0, 0.05) is 50.8 Å². The second-order valence-electron chi connectivity index (χ2n) is 8.56. The van der Waals surface area contributed by atoms with E-state index < -0.39 is 5.60 Å². The third-order valence-electron chi connectivity index (χ3n) is 6.55. The average molecular weight is 491 g/mol. The van der Waals surface area contributed by atoms with E-state index in [2.05, 4.69) is 21.2 Å². The van der Waals surface area contributed by atoms with Gasteiger partial charge in [0.05, 0.1) is 11.1 Å². The van der Waals surface area contributed by atoms with Crippen molar-refractivity contribution in [2.75, 3.05) is 20.3 Å². The lowest BCUT2D eigenvalue weighted by atomic mass is 9.86. The molecule has 9 heteroatoms. The minimum Gasteiger partial charge on any atom is -0.489 e. The number of benzene rings is 2. The van der Waals surface area contributed by atoms with Crippen molar-refractivity contribution in [3.8, 4) is 16.6 Å². The average Bonchev–Trinajstić information content (AvgIpc) is 3.57. The van der Waals surface area contributed by atoms with Crippen LogP contribution in [0.2, 0.25) is 0 Å². The van der Waals surface area contributed by atoms with E-state index in [9.17, 15) is 4.39 Å². The lowest BCUT2D eigenvalue weighted by molar-refractivity contribution is -0.0950. The molecule has 5 aromatic rings. The smallest absolute Gasteiger partial charge is 0.197 e. The van der Waals surface area contributed by atoms with E-state index in [0.29, 0.717) is 38.4 Å². The van der Waals surface area contributed by atoms with Gasteiger partial charge in [-0.25, -0.2) is 9.37 Å². The topological polar surface area (TPSA) is 70.8 Å². The second-order valence-corrected chi connectivity index (χ2v) is 9.45. The van der Waals surface area contributed by atoms with Crippen LogP contribution in [-0.4, -0.2) is 39.9 Å². The Labute approximate surface area is 205 Å². The first-order chi connectivity index (χ1) is 17.1. The number of hydrogen-bond donors (Lipinski definition) is 0. The molecule has 0 spiro atoms. The number of pyridine rings is 1. The van der Waals surface area contributed by atoms with E-state index in [1.165, 1.54) is 23.5 Å². The van der Waals surface area contributed by atoms with Gasteiger partial charge in [-0.3, -0.25) is 4.40 Å². The molecule has 35 heavy (non-hydrogen) atoms. The Morgan fingerprint density at radius 2 is 1.97 bits per heavy atom. The minimum absolute atomic E-state index is 0.307. The number of halogens is 1. The highest BCUT2D eigenvalue weighted by molar-refractivity contribution is 7.13. The first-order valence-corrected chi connectivity index (χ1v) is 12.3. The Balaban J connectivity index is 1.28. The van der Waals surface area contributed by atoms with Crippen LogP contribution in [0.5, 0.6) is 5.75 Å². The van der Waals surface area contributed by atoms with Gasteiger partial charge in [-0.1, -0.05) is 6.07 Å². The number of rotatable bonds is 6. The molecule has 7 nitrogen and oxygen atoms in total. The number of hydrogen-bond acceptors (Lipinski definition) is 7. The monoisotopic (exact) mass is 490 g/mol. The zero-order chi connectivity index (χ0) is 23.8. The number of nitrogens with zero attached hydrogens (tertiary/aromatic N) is 4. The van der Waals surface area contributed by atoms with Crippen LogP contribution in [0.25, 0.3) is 27.4 Å². The van der Waals surface area contributed by atoms with Crippen LogP contribution in [0.4, 0.5) is 4.39 Å². The molecule has 1 aliphatic rings. The zero-order valence-corrected chi connectivity index (χ0v) is 19.9. The summed E-state index contributed by atoms with van der Waals surface area (Å²) < 4.78 is 33.9. The first-order valence-electron chi connectivity index (χ1n) is 11.4. The molecule has 6 rings (SSSR count). The maximum Gasteiger partial charge on any atom is 0.197 e. The summed E-state index contributed by atoms with van der Waals surface area (Å²) in [6.07, 6.45) is 3.12. The van der Waals surface area contributed by atoms with Crippen molar-refractivity contribution in [1.29, 1.82) is 0 Å². The summed E-state index contributed by atoms with van der Waals surface area (Å²) in [5.41, 5.74) is 2.94. The molecule has 0 N–H and O–H groups in total. The normalized spacial score (nSPS) is 15.6. The van der Waals surface area contributed by atoms with Gasteiger partial charge in [0.15, 0.2) is 16.5 Å². The molecule has 1 fully saturated rings. The van der Waals surface area contributed by atoms with E-state index in [-0.39, 0.29) is 5.82 Å². The number of methoxy groups -OCH3 is 1. The highest BCUT2D eigenvalue weighted by Crippen LogP contribution is 2.37. The molecule has 0 unspecified atom stereocenters. The maximum atomic E-state index is 14.5. The van der Waals surface area contributed by atoms with Crippen LogP contribution in [0.15, 0.2) is 60.1 Å². The van der Waals surface area contributed by atoms with Crippen molar-refractivity contribution in [3.63, 3.8) is 0 Å². The fourth-order valence-electron chi connectivity index (χ4n) is 4.70. The van der Waals surface area contributed by atoms with Crippen LogP contribution in [0, 0.1) is 5.82 Å². The van der Waals surface area contributed by atoms with Gasteiger partial charge in [-0.2, -0.15) is 0 Å². The molecule has 0 radical (unpaired) electrons. The summed E-state index contributed by atoms with van der Waals surface area (Å²) in [7, 11) is 1.67. The van der Waals surface area contributed by atoms with Gasteiger partial charge in [0.2, 0.25) is 0 Å². The standard InChI is InChI=1S/C26H23FN4O3S/c1-32-26(6-9-33-10-7-26)19-13-20(27)15-21(14-19)34-16-17-2-4-22-18(12-17)3-5-23-29-30-24(31(22)23)25-28-8-11-35-25/h2-5,8,11-15H,6-7,9-10,16H2,1H3. The fraction of sp³-hybridized carbons (Fsp3) is 0.269. The SMILES string of the molecule is COC1(c2cc(F)cc(OCc3ccc4c(ccc5nnc(-c6nccs6)n54)c3)c2)CCOCC1. The molecule has 2 aromatic carbocycles. The Bertz CT molecular complexity index is 1500. The number of aromatic nitrogens is 4. The van der Waals surface area contributed by atoms with E-state index in [1.54, 1.807) is 13.3 Å². The van der Waals surface area contributed by atoms with Gasteiger partial charge in [-0.05, 0) is 52.9 Å². The van der Waals surface area contributed by atoms with Gasteiger partial charge in [0.1, 0.15) is 18.2 Å². The van der Waals surface area contributed by atoms with Crippen LogP contribution in [-0.2, 0) is 21.7 Å². The summed E-state index contributed by atoms with van der Waals surface area (Å²) in [5, 5.41) is 12.4. The Kier molecular flexibility index (Phi) is 5.68. The van der Waals surface area contributed by atoms with E-state index in [0.717, 1.165) is 38.5 Å². The summed E-state index contributed by atoms with van der Waals surface area (Å²) in [4.78, 5) is 4.38. The quantitative estimate of drug-likeness (QED) is 0.318. The zero-order valence-electron chi connectivity index (χ0n) is 19.1. The molecule has 0 saturated carbocycles. The van der Waals surface area contributed by atoms with E-state index in [4.69, 9.17) is 14.2 Å². The molecule has 0 atom stereocenters. The maximum absolute atomic E-state index is 14.5. The van der Waals surface area contributed by atoms with Crippen molar-refractivity contribution in [3.05, 3.63) is 77.1 Å². The van der Waals surface area contributed by atoms with Gasteiger partial charge < -0.3 is 14.2 Å². The van der Waals surface area contributed by atoms with Crippen LogP contribution >= 0.6 is 11.3 Å². The highest BCUT2D eigenvalue weighted by atomic mass is 32.1. The lowest BCUT2D eigenvalue weighted by Gasteiger charge is -2.36. The van der Waals surface area contributed by atoms with Crippen molar-refractivity contribution >= 4 is 27.9 Å². The third kappa shape index (κ3) is 4.05. The van der Waals surface area contributed by atoms with Crippen molar-refractivity contribution in [2.45, 2.75) is 25.0 Å². The molecular weight excluding hydrogens is 467 g/mol. The van der Waals surface area contributed by atoms with E-state index >= 15 is 0 Å². The van der Waals surface area contributed by atoms with Crippen LogP contribution < -0.4 is 4.74 Å². The Morgan fingerprint density at radius 1 is 1.09 bits per heavy atom. The highest BCUT2D eigenvalue weighted by Gasteiger charge is 2.35. The Hall–Kier alpha value is -3.40. The van der Waals surface area contributed by atoms with Crippen LogP contribution in [0.3, 0.4) is 0 Å². The van der Waals surface area contributed by atoms with Crippen molar-refractivity contribution in [2.24, 2.45) is 0 Å². The van der Waals surface area contributed by atoms with Crippen LogP contribution in [0.1, 0.15) is 24.0 Å². The molecule has 0 bridgehead atoms. The summed E-state index contributed by atoms with van der Waals surface area (Å²) in [5.74, 6) is 0.851. The summed E-state index contributed by atoms with van der Waals surface area (Å²) in [6.45, 7) is 1.48. The largest absolute Gasteiger partial charge is 0.489 e. The number of thiazole rings is 1. The molecule has 178 valence electrons.